The van der Waals surface area contributed by atoms with E-state index in [0.29, 0.717) is 55.8 Å². The number of carbonyl (C=O) groups excluding carboxylic acids is 2. The average Bonchev–Trinajstić information content (AvgIpc) is 3.52. The second-order valence-corrected chi connectivity index (χ2v) is 9.78. The highest BCUT2D eigenvalue weighted by Gasteiger charge is 2.28. The zero-order chi connectivity index (χ0) is 27.7. The van der Waals surface area contributed by atoms with Gasteiger partial charge in [-0.2, -0.15) is 5.10 Å². The fourth-order valence-corrected chi connectivity index (χ4v) is 4.86. The van der Waals surface area contributed by atoms with Crippen LogP contribution in [0.1, 0.15) is 31.2 Å². The predicted molar refractivity (Wildman–Crippen MR) is 153 cm³/mol. The number of hydrogen-bond acceptors (Lipinski definition) is 6. The highest BCUT2D eigenvalue weighted by Crippen LogP contribution is 2.26. The number of H-pyrrole nitrogens is 1. The van der Waals surface area contributed by atoms with E-state index in [0.717, 1.165) is 22.9 Å². The molecule has 2 heterocycles. The van der Waals surface area contributed by atoms with Crippen LogP contribution in [-0.2, 0) is 20.9 Å². The van der Waals surface area contributed by atoms with Crippen molar-refractivity contribution in [1.82, 2.24) is 15.1 Å². The van der Waals surface area contributed by atoms with Crippen LogP contribution >= 0.6 is 0 Å². The first-order chi connectivity index (χ1) is 19.6. The van der Waals surface area contributed by atoms with E-state index in [9.17, 15) is 14.4 Å². The van der Waals surface area contributed by atoms with Crippen molar-refractivity contribution in [3.05, 3.63) is 94.8 Å². The molecule has 5 rings (SSSR count). The number of aromatic nitrogens is 2. The standard InChI is InChI=1S/C31H32N4O5/c36-28(32-24-12-8-11-23(19-24)29-26-13-4-5-14-27(26)30(37)34-33-29)15-6-7-17-35(25-16-18-39-21-25)31(38)40-20-22-9-2-1-3-10-22/h1-5,8-14,19,25H,6-7,15-18,20-21H2,(H,32,36)(H,34,37). The summed E-state index contributed by atoms with van der Waals surface area (Å²) in [5.41, 5.74) is 2.76. The van der Waals surface area contributed by atoms with Gasteiger partial charge in [-0.15, -0.1) is 0 Å². The van der Waals surface area contributed by atoms with E-state index in [1.807, 2.05) is 72.8 Å². The Labute approximate surface area is 232 Å². The van der Waals surface area contributed by atoms with E-state index in [1.165, 1.54) is 0 Å². The number of fused-ring (bicyclic) bond motifs is 1. The largest absolute Gasteiger partial charge is 0.445 e. The summed E-state index contributed by atoms with van der Waals surface area (Å²) < 4.78 is 11.1. The molecule has 1 atom stereocenters. The van der Waals surface area contributed by atoms with Crippen molar-refractivity contribution in [2.24, 2.45) is 0 Å². The summed E-state index contributed by atoms with van der Waals surface area (Å²) in [5.74, 6) is -0.112. The lowest BCUT2D eigenvalue weighted by atomic mass is 10.0. The van der Waals surface area contributed by atoms with Gasteiger partial charge in [-0.25, -0.2) is 9.89 Å². The molecule has 206 valence electrons. The van der Waals surface area contributed by atoms with Gasteiger partial charge in [0.05, 0.1) is 23.7 Å². The summed E-state index contributed by atoms with van der Waals surface area (Å²) in [6, 6.07) is 24.3. The third-order valence-electron chi connectivity index (χ3n) is 6.95. The van der Waals surface area contributed by atoms with Crippen LogP contribution in [0.25, 0.3) is 22.0 Å². The van der Waals surface area contributed by atoms with Crippen LogP contribution in [0.5, 0.6) is 0 Å². The van der Waals surface area contributed by atoms with Crippen molar-refractivity contribution >= 4 is 28.5 Å². The van der Waals surface area contributed by atoms with Gasteiger partial charge in [-0.05, 0) is 43.0 Å². The van der Waals surface area contributed by atoms with Gasteiger partial charge in [-0.1, -0.05) is 60.7 Å². The maximum Gasteiger partial charge on any atom is 0.410 e. The van der Waals surface area contributed by atoms with Crippen LogP contribution in [0.3, 0.4) is 0 Å². The van der Waals surface area contributed by atoms with E-state index in [-0.39, 0.29) is 30.2 Å². The Bertz CT molecular complexity index is 1520. The van der Waals surface area contributed by atoms with Crippen LogP contribution in [0.4, 0.5) is 10.5 Å². The Balaban J connectivity index is 1.14. The van der Waals surface area contributed by atoms with Gasteiger partial charge < -0.3 is 19.7 Å². The summed E-state index contributed by atoms with van der Waals surface area (Å²) in [6.45, 7) is 1.83. The lowest BCUT2D eigenvalue weighted by molar-refractivity contribution is -0.116. The fourth-order valence-electron chi connectivity index (χ4n) is 4.86. The molecule has 9 heteroatoms. The summed E-state index contributed by atoms with van der Waals surface area (Å²) in [7, 11) is 0. The quantitative estimate of drug-likeness (QED) is 0.270. The number of amides is 2. The fraction of sp³-hybridized carbons (Fsp3) is 0.290. The molecule has 1 unspecified atom stereocenters. The van der Waals surface area contributed by atoms with Gasteiger partial charge >= 0.3 is 6.09 Å². The molecule has 0 saturated carbocycles. The zero-order valence-corrected chi connectivity index (χ0v) is 22.2. The number of nitrogens with zero attached hydrogens (tertiary/aromatic N) is 2. The SMILES string of the molecule is O=C(CCCCN(C(=O)OCc1ccccc1)C1CCOC1)Nc1cccc(-c2n[nH]c(=O)c3ccccc23)c1. The molecular weight excluding hydrogens is 508 g/mol. The number of hydrogen-bond donors (Lipinski definition) is 2. The molecule has 1 aromatic heterocycles. The number of carbonyl (C=O) groups is 2. The smallest absolute Gasteiger partial charge is 0.410 e. The molecule has 0 aliphatic carbocycles. The van der Waals surface area contributed by atoms with Gasteiger partial charge in [0, 0.05) is 36.2 Å². The maximum absolute atomic E-state index is 12.9. The molecule has 1 saturated heterocycles. The van der Waals surface area contributed by atoms with Gasteiger partial charge in [-0.3, -0.25) is 9.59 Å². The number of nitrogens with one attached hydrogen (secondary N) is 2. The van der Waals surface area contributed by atoms with Crippen LogP contribution in [0, 0.1) is 0 Å². The Kier molecular flexibility index (Phi) is 8.83. The van der Waals surface area contributed by atoms with Gasteiger partial charge in [0.15, 0.2) is 0 Å². The molecule has 2 N–H and O–H groups in total. The number of aromatic amines is 1. The van der Waals surface area contributed by atoms with Gasteiger partial charge in [0.25, 0.3) is 5.56 Å². The highest BCUT2D eigenvalue weighted by molar-refractivity contribution is 5.95. The molecule has 3 aromatic carbocycles. The monoisotopic (exact) mass is 540 g/mol. The topological polar surface area (TPSA) is 114 Å². The van der Waals surface area contributed by atoms with Crippen molar-refractivity contribution in [1.29, 1.82) is 0 Å². The van der Waals surface area contributed by atoms with E-state index in [1.54, 1.807) is 11.0 Å². The normalized spacial score (nSPS) is 14.7. The number of ether oxygens (including phenoxy) is 2. The third-order valence-corrected chi connectivity index (χ3v) is 6.95. The van der Waals surface area contributed by atoms with Crippen molar-refractivity contribution in [3.8, 4) is 11.3 Å². The zero-order valence-electron chi connectivity index (χ0n) is 22.2. The first-order valence-electron chi connectivity index (χ1n) is 13.5. The molecule has 0 spiro atoms. The molecule has 0 bridgehead atoms. The number of rotatable bonds is 10. The van der Waals surface area contributed by atoms with Crippen LogP contribution < -0.4 is 10.9 Å². The van der Waals surface area contributed by atoms with Gasteiger partial charge in [0.2, 0.25) is 5.91 Å². The van der Waals surface area contributed by atoms with Crippen molar-refractivity contribution in [2.45, 2.75) is 38.3 Å². The second kappa shape index (κ2) is 13.0. The van der Waals surface area contributed by atoms with Crippen LogP contribution in [-0.4, -0.2) is 52.9 Å². The molecule has 1 aliphatic rings. The van der Waals surface area contributed by atoms with Crippen molar-refractivity contribution < 1.29 is 19.1 Å². The Morgan fingerprint density at radius 1 is 1.00 bits per heavy atom. The van der Waals surface area contributed by atoms with Crippen molar-refractivity contribution in [2.75, 3.05) is 25.1 Å². The maximum atomic E-state index is 12.9. The average molecular weight is 541 g/mol. The first-order valence-corrected chi connectivity index (χ1v) is 13.5. The molecule has 9 nitrogen and oxygen atoms in total. The van der Waals surface area contributed by atoms with Crippen molar-refractivity contribution in [3.63, 3.8) is 0 Å². The highest BCUT2D eigenvalue weighted by atomic mass is 16.6. The van der Waals surface area contributed by atoms with Gasteiger partial charge in [0.1, 0.15) is 6.61 Å². The number of anilines is 1. The number of benzene rings is 3. The molecular formula is C31H32N4O5. The van der Waals surface area contributed by atoms with E-state index in [2.05, 4.69) is 15.5 Å². The third kappa shape index (κ3) is 6.73. The lowest BCUT2D eigenvalue weighted by Gasteiger charge is -2.27. The summed E-state index contributed by atoms with van der Waals surface area (Å²) in [6.07, 6.45) is 2.02. The lowest BCUT2D eigenvalue weighted by Crippen LogP contribution is -2.41. The minimum atomic E-state index is -0.357. The predicted octanol–water partition coefficient (Wildman–Crippen LogP) is 5.13. The Hall–Kier alpha value is -4.50. The summed E-state index contributed by atoms with van der Waals surface area (Å²) >= 11 is 0. The summed E-state index contributed by atoms with van der Waals surface area (Å²) in [5, 5.41) is 11.1. The first kappa shape index (κ1) is 27.1. The molecule has 2 amide bonds. The molecule has 0 radical (unpaired) electrons. The Morgan fingerprint density at radius 3 is 2.60 bits per heavy atom. The Morgan fingerprint density at radius 2 is 1.80 bits per heavy atom. The molecule has 1 fully saturated rings. The minimum Gasteiger partial charge on any atom is -0.445 e. The summed E-state index contributed by atoms with van der Waals surface area (Å²) in [4.78, 5) is 39.4. The van der Waals surface area contributed by atoms with E-state index in [4.69, 9.17) is 9.47 Å². The van der Waals surface area contributed by atoms with E-state index >= 15 is 0 Å². The molecule has 4 aromatic rings. The van der Waals surface area contributed by atoms with E-state index < -0.39 is 0 Å². The molecule has 1 aliphatic heterocycles. The number of unbranched alkanes of at least 4 members (excludes halogenated alkanes) is 1. The molecule has 40 heavy (non-hydrogen) atoms. The van der Waals surface area contributed by atoms with Crippen LogP contribution in [0.2, 0.25) is 0 Å². The second-order valence-electron chi connectivity index (χ2n) is 9.78. The minimum absolute atomic E-state index is 0.0162. The van der Waals surface area contributed by atoms with Crippen LogP contribution in [0.15, 0.2) is 83.7 Å².